The van der Waals surface area contributed by atoms with Gasteiger partial charge in [-0.1, -0.05) is 38.1 Å². The van der Waals surface area contributed by atoms with Gasteiger partial charge in [-0.15, -0.1) is 0 Å². The molecule has 4 rings (SSSR count). The van der Waals surface area contributed by atoms with Gasteiger partial charge in [0.25, 0.3) is 0 Å². The van der Waals surface area contributed by atoms with Gasteiger partial charge in [-0.3, -0.25) is 9.78 Å². The van der Waals surface area contributed by atoms with Gasteiger partial charge in [-0.2, -0.15) is 0 Å². The number of anilines is 2. The van der Waals surface area contributed by atoms with Crippen LogP contribution in [0, 0.1) is 12.8 Å². The molecular formula is C28H33N3O2. The summed E-state index contributed by atoms with van der Waals surface area (Å²) in [5, 5.41) is 3.14. The molecule has 0 bridgehead atoms. The Morgan fingerprint density at radius 2 is 1.70 bits per heavy atom. The molecule has 1 N–H and O–H groups in total. The summed E-state index contributed by atoms with van der Waals surface area (Å²) in [5.41, 5.74) is 6.28. The number of pyridine rings is 1. The molecule has 1 saturated heterocycles. The van der Waals surface area contributed by atoms with Gasteiger partial charge >= 0.3 is 0 Å². The minimum atomic E-state index is -0.189. The van der Waals surface area contributed by atoms with Crippen molar-refractivity contribution in [3.05, 3.63) is 78.1 Å². The zero-order chi connectivity index (χ0) is 23.2. The van der Waals surface area contributed by atoms with E-state index < -0.39 is 0 Å². The van der Waals surface area contributed by atoms with Crippen LogP contribution in [0.1, 0.15) is 37.4 Å². The first-order chi connectivity index (χ1) is 16.0. The Hall–Kier alpha value is -3.18. The maximum Gasteiger partial charge on any atom is 0.231 e. The largest absolute Gasteiger partial charge is 0.378 e. The Morgan fingerprint density at radius 1 is 1.00 bits per heavy atom. The normalized spacial score (nSPS) is 14.8. The fraction of sp³-hybridized carbons (Fsp3) is 0.357. The topological polar surface area (TPSA) is 54.5 Å². The molecule has 172 valence electrons. The fourth-order valence-electron chi connectivity index (χ4n) is 4.31. The number of carbonyl (C=O) groups excluding carboxylic acids is 1. The van der Waals surface area contributed by atoms with Crippen molar-refractivity contribution in [3.8, 4) is 11.1 Å². The summed E-state index contributed by atoms with van der Waals surface area (Å²) >= 11 is 0. The molecule has 0 radical (unpaired) electrons. The van der Waals surface area contributed by atoms with Gasteiger partial charge in [0.1, 0.15) is 0 Å². The zero-order valence-corrected chi connectivity index (χ0v) is 19.8. The van der Waals surface area contributed by atoms with E-state index in [1.807, 2.05) is 43.5 Å². The van der Waals surface area contributed by atoms with Crippen LogP contribution in [0.15, 0.2) is 66.9 Å². The van der Waals surface area contributed by atoms with Crippen LogP contribution < -0.4 is 10.2 Å². The van der Waals surface area contributed by atoms with Gasteiger partial charge in [0, 0.05) is 36.4 Å². The van der Waals surface area contributed by atoms with Gasteiger partial charge in [0.05, 0.1) is 19.1 Å². The molecular weight excluding hydrogens is 410 g/mol. The molecule has 0 spiro atoms. The fourth-order valence-corrected chi connectivity index (χ4v) is 4.31. The molecule has 1 aliphatic rings. The number of amides is 1. The van der Waals surface area contributed by atoms with Gasteiger partial charge in [0.2, 0.25) is 5.91 Å². The molecule has 0 aliphatic carbocycles. The molecule has 5 nitrogen and oxygen atoms in total. The molecule has 2 aromatic carbocycles. The Morgan fingerprint density at radius 3 is 2.33 bits per heavy atom. The third kappa shape index (κ3) is 5.99. The van der Waals surface area contributed by atoms with Crippen molar-refractivity contribution in [1.82, 2.24) is 4.98 Å². The lowest BCUT2D eigenvalue weighted by Crippen LogP contribution is -2.36. The number of morpholine rings is 1. The molecule has 1 fully saturated rings. The quantitative estimate of drug-likeness (QED) is 0.512. The van der Waals surface area contributed by atoms with Crippen molar-refractivity contribution in [2.45, 2.75) is 33.1 Å². The van der Waals surface area contributed by atoms with Crippen LogP contribution in [0.2, 0.25) is 0 Å². The third-order valence-electron chi connectivity index (χ3n) is 6.08. The summed E-state index contributed by atoms with van der Waals surface area (Å²) < 4.78 is 5.46. The van der Waals surface area contributed by atoms with E-state index in [0.717, 1.165) is 60.8 Å². The van der Waals surface area contributed by atoms with E-state index in [1.165, 1.54) is 5.69 Å². The monoisotopic (exact) mass is 443 g/mol. The molecule has 1 aliphatic heterocycles. The number of aryl methyl sites for hydroxylation is 1. The van der Waals surface area contributed by atoms with Crippen LogP contribution in [-0.4, -0.2) is 37.2 Å². The molecule has 2 heterocycles. The van der Waals surface area contributed by atoms with Crippen LogP contribution >= 0.6 is 0 Å². The first kappa shape index (κ1) is 23.0. The summed E-state index contributed by atoms with van der Waals surface area (Å²) in [6.45, 7) is 9.65. The highest BCUT2D eigenvalue weighted by atomic mass is 16.5. The van der Waals surface area contributed by atoms with Crippen LogP contribution in [0.5, 0.6) is 0 Å². The lowest BCUT2D eigenvalue weighted by Gasteiger charge is -2.29. The Balaban J connectivity index is 1.47. The minimum absolute atomic E-state index is 0.0373. The number of nitrogens with one attached hydrogen (secondary N) is 1. The number of nitrogens with zero attached hydrogens (tertiary/aromatic N) is 2. The minimum Gasteiger partial charge on any atom is -0.378 e. The van der Waals surface area contributed by atoms with Crippen LogP contribution in [-0.2, 0) is 9.53 Å². The first-order valence-corrected chi connectivity index (χ1v) is 11.8. The molecule has 1 atom stereocenters. The second-order valence-corrected chi connectivity index (χ2v) is 9.13. The smallest absolute Gasteiger partial charge is 0.231 e. The molecule has 1 aromatic heterocycles. The lowest BCUT2D eigenvalue weighted by molar-refractivity contribution is -0.117. The number of aromatic nitrogens is 1. The van der Waals surface area contributed by atoms with E-state index in [-0.39, 0.29) is 11.8 Å². The predicted molar refractivity (Wildman–Crippen MR) is 135 cm³/mol. The number of rotatable bonds is 7. The second kappa shape index (κ2) is 10.6. The summed E-state index contributed by atoms with van der Waals surface area (Å²) in [6, 6.07) is 20.6. The maximum atomic E-state index is 13.3. The molecule has 5 heteroatoms. The Bertz CT molecular complexity index is 1060. The van der Waals surface area contributed by atoms with Crippen LogP contribution in [0.3, 0.4) is 0 Å². The van der Waals surface area contributed by atoms with Crippen molar-refractivity contribution >= 4 is 17.3 Å². The average Bonchev–Trinajstić information content (AvgIpc) is 2.83. The van der Waals surface area contributed by atoms with E-state index >= 15 is 0 Å². The van der Waals surface area contributed by atoms with E-state index in [9.17, 15) is 4.79 Å². The lowest BCUT2D eigenvalue weighted by atomic mass is 9.89. The second-order valence-electron chi connectivity index (χ2n) is 9.13. The van der Waals surface area contributed by atoms with E-state index in [2.05, 4.69) is 59.4 Å². The van der Waals surface area contributed by atoms with Crippen molar-refractivity contribution < 1.29 is 9.53 Å². The van der Waals surface area contributed by atoms with E-state index in [1.54, 1.807) is 0 Å². The zero-order valence-electron chi connectivity index (χ0n) is 19.8. The summed E-state index contributed by atoms with van der Waals surface area (Å²) in [5.74, 6) is 0.263. The number of ether oxygens (including phenoxy) is 1. The van der Waals surface area contributed by atoms with E-state index in [0.29, 0.717) is 5.92 Å². The predicted octanol–water partition coefficient (Wildman–Crippen LogP) is 5.66. The Kier molecular flexibility index (Phi) is 7.40. The van der Waals surface area contributed by atoms with Gasteiger partial charge < -0.3 is 15.0 Å². The van der Waals surface area contributed by atoms with Crippen molar-refractivity contribution in [2.75, 3.05) is 36.5 Å². The molecule has 3 aromatic rings. The van der Waals surface area contributed by atoms with E-state index in [4.69, 9.17) is 4.74 Å². The van der Waals surface area contributed by atoms with Gasteiger partial charge in [0.15, 0.2) is 0 Å². The highest BCUT2D eigenvalue weighted by Crippen LogP contribution is 2.29. The Labute approximate surface area is 196 Å². The van der Waals surface area contributed by atoms with Crippen molar-refractivity contribution in [2.24, 2.45) is 5.92 Å². The van der Waals surface area contributed by atoms with Gasteiger partial charge in [-0.05, 0) is 72.4 Å². The summed E-state index contributed by atoms with van der Waals surface area (Å²) in [6.07, 6.45) is 2.62. The molecule has 1 amide bonds. The van der Waals surface area contributed by atoms with Gasteiger partial charge in [-0.25, -0.2) is 0 Å². The highest BCUT2D eigenvalue weighted by molar-refractivity contribution is 5.96. The van der Waals surface area contributed by atoms with Crippen molar-refractivity contribution in [1.29, 1.82) is 0 Å². The summed E-state index contributed by atoms with van der Waals surface area (Å²) in [4.78, 5) is 19.9. The molecule has 0 saturated carbocycles. The first-order valence-electron chi connectivity index (χ1n) is 11.8. The highest BCUT2D eigenvalue weighted by Gasteiger charge is 2.22. The number of carbonyl (C=O) groups is 1. The van der Waals surface area contributed by atoms with Crippen molar-refractivity contribution in [3.63, 3.8) is 0 Å². The standard InChI is InChI=1S/C28H33N3O2/c1-20(2)18-27(23-6-10-26(11-7-23)31-14-16-33-17-15-31)28(32)30-25-8-4-22(5-9-25)24-12-13-29-21(3)19-24/h4-13,19-20,27H,14-18H2,1-3H3,(H,30,32). The number of hydrogen-bond acceptors (Lipinski definition) is 4. The molecule has 33 heavy (non-hydrogen) atoms. The third-order valence-corrected chi connectivity index (χ3v) is 6.08. The average molecular weight is 444 g/mol. The number of benzene rings is 2. The number of hydrogen-bond donors (Lipinski definition) is 1. The maximum absolute atomic E-state index is 13.3. The SMILES string of the molecule is Cc1cc(-c2ccc(NC(=O)C(CC(C)C)c3ccc(N4CCOCC4)cc3)cc2)ccn1. The van der Waals surface area contributed by atoms with Crippen LogP contribution in [0.25, 0.3) is 11.1 Å². The summed E-state index contributed by atoms with van der Waals surface area (Å²) in [7, 11) is 0. The molecule has 1 unspecified atom stereocenters. The van der Waals surface area contributed by atoms with Crippen LogP contribution in [0.4, 0.5) is 11.4 Å².